The van der Waals surface area contributed by atoms with Crippen LogP contribution in [0.25, 0.3) is 118 Å². The van der Waals surface area contributed by atoms with Gasteiger partial charge in [0.25, 0.3) is 0 Å². The van der Waals surface area contributed by atoms with E-state index in [1.54, 1.807) is 0 Å². The minimum atomic E-state index is 1.17. The average Bonchev–Trinajstić information content (AvgIpc) is 4.04. The van der Waals surface area contributed by atoms with Crippen LogP contribution in [0.5, 0.6) is 0 Å². The van der Waals surface area contributed by atoms with E-state index in [1.165, 1.54) is 118 Å². The van der Waals surface area contributed by atoms with Gasteiger partial charge in [-0.25, -0.2) is 0 Å². The fourth-order valence-corrected chi connectivity index (χ4v) is 12.2. The molecule has 4 aromatic heterocycles. The Hall–Kier alpha value is -6.98. The summed E-state index contributed by atoms with van der Waals surface area (Å²) in [6, 6.07) is 71.8. The summed E-state index contributed by atoms with van der Waals surface area (Å²) in [4.78, 5) is 0. The maximum absolute atomic E-state index is 2.52. The van der Waals surface area contributed by atoms with Crippen LogP contribution in [-0.2, 0) is 0 Å². The van der Waals surface area contributed by atoms with Crippen molar-refractivity contribution >= 4 is 107 Å². The first-order valence-corrected chi connectivity index (χ1v) is 21.4. The number of rotatable bonds is 4. The minimum Gasteiger partial charge on any atom is -0.309 e. The number of hydrogen-bond acceptors (Lipinski definition) is 2. The number of fused-ring (bicyclic) bond motifs is 12. The predicted molar refractivity (Wildman–Crippen MR) is 252 cm³/mol. The molecule has 0 amide bonds. The summed E-state index contributed by atoms with van der Waals surface area (Å²) in [5, 5.41) is 10.3. The predicted octanol–water partition coefficient (Wildman–Crippen LogP) is 16.0. The maximum Gasteiger partial charge on any atom is 0.0547 e. The topological polar surface area (TPSA) is 9.86 Å². The van der Waals surface area contributed by atoms with Crippen molar-refractivity contribution in [1.29, 1.82) is 0 Å². The van der Waals surface area contributed by atoms with Crippen LogP contribution >= 0.6 is 22.7 Å². The van der Waals surface area contributed by atoms with E-state index in [2.05, 4.69) is 203 Å². The molecular weight excluding hydrogens is 741 g/mol. The first kappa shape index (κ1) is 32.1. The molecule has 2 nitrogen and oxygen atoms in total. The summed E-state index contributed by atoms with van der Waals surface area (Å²) >= 11 is 3.81. The van der Waals surface area contributed by atoms with Gasteiger partial charge >= 0.3 is 0 Å². The first-order valence-electron chi connectivity index (χ1n) is 19.8. The van der Waals surface area contributed by atoms with E-state index in [4.69, 9.17) is 0 Å². The molecule has 0 radical (unpaired) electrons. The summed E-state index contributed by atoms with van der Waals surface area (Å²) in [6.45, 7) is 0. The van der Waals surface area contributed by atoms with Gasteiger partial charge in [-0.1, -0.05) is 133 Å². The molecule has 0 atom stereocenters. The van der Waals surface area contributed by atoms with Crippen LogP contribution in [0.15, 0.2) is 194 Å². The Morgan fingerprint density at radius 3 is 1.36 bits per heavy atom. The quantitative estimate of drug-likeness (QED) is 0.169. The van der Waals surface area contributed by atoms with E-state index in [0.29, 0.717) is 0 Å². The molecule has 0 spiro atoms. The van der Waals surface area contributed by atoms with Gasteiger partial charge in [0, 0.05) is 84.4 Å². The van der Waals surface area contributed by atoms with Crippen LogP contribution in [0.3, 0.4) is 0 Å². The fraction of sp³-hybridized carbons (Fsp3) is 0. The zero-order valence-corrected chi connectivity index (χ0v) is 32.8. The average molecular weight is 773 g/mol. The number of nitrogens with zero attached hydrogens (tertiary/aromatic N) is 2. The molecule has 0 saturated heterocycles. The normalized spacial score (nSPS) is 12.1. The highest BCUT2D eigenvalue weighted by Crippen LogP contribution is 2.48. The Kier molecular flexibility index (Phi) is 6.79. The number of para-hydroxylation sites is 3. The second-order valence-corrected chi connectivity index (χ2v) is 17.3. The van der Waals surface area contributed by atoms with Crippen LogP contribution in [0.1, 0.15) is 0 Å². The van der Waals surface area contributed by atoms with Gasteiger partial charge in [0.05, 0.1) is 22.1 Å². The zero-order valence-electron chi connectivity index (χ0n) is 31.2. The van der Waals surface area contributed by atoms with E-state index in [9.17, 15) is 0 Å². The van der Waals surface area contributed by atoms with Crippen molar-refractivity contribution in [3.8, 4) is 33.6 Å². The summed E-state index contributed by atoms with van der Waals surface area (Å²) in [7, 11) is 0. The van der Waals surface area contributed by atoms with E-state index in [0.717, 1.165) is 0 Å². The highest BCUT2D eigenvalue weighted by Gasteiger charge is 2.23. The Labute approximate surface area is 341 Å². The number of aromatic nitrogens is 2. The third-order valence-corrected chi connectivity index (χ3v) is 14.6. The molecule has 13 aromatic rings. The van der Waals surface area contributed by atoms with Gasteiger partial charge in [0.1, 0.15) is 0 Å². The monoisotopic (exact) mass is 772 g/mol. The lowest BCUT2D eigenvalue weighted by molar-refractivity contribution is 1.18. The van der Waals surface area contributed by atoms with Crippen molar-refractivity contribution in [3.63, 3.8) is 0 Å². The number of benzene rings is 9. The second kappa shape index (κ2) is 12.3. The van der Waals surface area contributed by atoms with Crippen LogP contribution < -0.4 is 0 Å². The van der Waals surface area contributed by atoms with Crippen LogP contribution in [-0.4, -0.2) is 9.13 Å². The molecule has 0 N–H and O–H groups in total. The Balaban J connectivity index is 1.13. The zero-order chi connectivity index (χ0) is 37.9. The highest BCUT2D eigenvalue weighted by molar-refractivity contribution is 7.27. The Bertz CT molecular complexity index is 3800. The van der Waals surface area contributed by atoms with Gasteiger partial charge in [-0.3, -0.25) is 0 Å². The molecule has 4 heteroatoms. The maximum atomic E-state index is 2.52. The van der Waals surface area contributed by atoms with Gasteiger partial charge in [0.2, 0.25) is 0 Å². The molecule has 0 aliphatic carbocycles. The van der Waals surface area contributed by atoms with Crippen molar-refractivity contribution in [3.05, 3.63) is 194 Å². The molecule has 0 bridgehead atoms. The molecule has 58 heavy (non-hydrogen) atoms. The van der Waals surface area contributed by atoms with Crippen molar-refractivity contribution < 1.29 is 0 Å². The van der Waals surface area contributed by atoms with E-state index in [-0.39, 0.29) is 0 Å². The molecule has 9 aromatic carbocycles. The molecule has 0 saturated carbocycles. The van der Waals surface area contributed by atoms with Crippen molar-refractivity contribution in [2.24, 2.45) is 0 Å². The van der Waals surface area contributed by atoms with Crippen molar-refractivity contribution in [2.75, 3.05) is 0 Å². The molecule has 0 unspecified atom stereocenters. The van der Waals surface area contributed by atoms with Crippen molar-refractivity contribution in [1.82, 2.24) is 9.13 Å². The fourth-order valence-electron chi connectivity index (χ4n) is 9.72. The molecular formula is C54H32N2S2. The van der Waals surface area contributed by atoms with E-state index < -0.39 is 0 Å². The summed E-state index contributed by atoms with van der Waals surface area (Å²) in [5.74, 6) is 0. The second-order valence-electron chi connectivity index (χ2n) is 15.2. The molecule has 4 heterocycles. The SMILES string of the molecule is c1ccc(-n2c3ccccc3c3c(-c4cccc5c4c4ccccc4n5-c4cc(-c5cccc6c5sc5ccccc56)c5sc6ccccc6c5c4)cccc32)cc1. The molecule has 13 rings (SSSR count). The lowest BCUT2D eigenvalue weighted by Crippen LogP contribution is -1.95. The summed E-state index contributed by atoms with van der Waals surface area (Å²) in [5.41, 5.74) is 12.2. The van der Waals surface area contributed by atoms with Gasteiger partial charge in [-0.05, 0) is 71.8 Å². The number of hydrogen-bond donors (Lipinski definition) is 0. The Morgan fingerprint density at radius 2 is 0.724 bits per heavy atom. The summed E-state index contributed by atoms with van der Waals surface area (Å²) < 4.78 is 10.2. The van der Waals surface area contributed by atoms with Gasteiger partial charge in [-0.15, -0.1) is 22.7 Å². The molecule has 0 aliphatic rings. The van der Waals surface area contributed by atoms with Crippen LogP contribution in [0.2, 0.25) is 0 Å². The third kappa shape index (κ3) is 4.47. The van der Waals surface area contributed by atoms with Gasteiger partial charge in [-0.2, -0.15) is 0 Å². The first-order chi connectivity index (χ1) is 28.8. The number of thiophene rings is 2. The van der Waals surface area contributed by atoms with Gasteiger partial charge < -0.3 is 9.13 Å². The largest absolute Gasteiger partial charge is 0.309 e. The lowest BCUT2D eigenvalue weighted by atomic mass is 9.95. The Morgan fingerprint density at radius 1 is 0.276 bits per heavy atom. The van der Waals surface area contributed by atoms with Crippen LogP contribution in [0.4, 0.5) is 0 Å². The molecule has 0 aliphatic heterocycles. The lowest BCUT2D eigenvalue weighted by Gasteiger charge is -2.13. The van der Waals surface area contributed by atoms with E-state index in [1.807, 2.05) is 22.7 Å². The molecule has 0 fully saturated rings. The smallest absolute Gasteiger partial charge is 0.0547 e. The van der Waals surface area contributed by atoms with Crippen molar-refractivity contribution in [2.45, 2.75) is 0 Å². The molecule has 270 valence electrons. The highest BCUT2D eigenvalue weighted by atomic mass is 32.1. The van der Waals surface area contributed by atoms with Crippen LogP contribution in [0, 0.1) is 0 Å². The standard InChI is InChI=1S/C54H32N2S2/c1-2-15-33(16-3-1)55-45-25-8-4-19-41(45)51-37(21-13-27-47(51)55)38-22-14-28-48-52(38)42-20-5-9-26-46(42)56(48)34-31-43-36-18-7-11-30-50(36)58-54(43)44(32-34)40-24-12-23-39-35-17-6-10-29-49(35)57-53(39)40/h1-32H. The minimum absolute atomic E-state index is 1.17. The van der Waals surface area contributed by atoms with E-state index >= 15 is 0 Å². The third-order valence-electron chi connectivity index (χ3n) is 12.1. The van der Waals surface area contributed by atoms with Gasteiger partial charge in [0.15, 0.2) is 0 Å². The summed E-state index contributed by atoms with van der Waals surface area (Å²) in [6.07, 6.45) is 0.